The number of carbonyl (C=O) groups excluding carboxylic acids is 1. The highest BCUT2D eigenvalue weighted by Gasteiger charge is 2.33. The minimum Gasteiger partial charge on any atom is -0.356 e. The SMILES string of the molecule is O=C1C(Nc2ncnc3nc[nH]c23)CCN1c1cccc(Cl)c1. The number of carbonyl (C=O) groups is 1. The maximum Gasteiger partial charge on any atom is 0.249 e. The fraction of sp³-hybridized carbons (Fsp3) is 0.200. The number of benzene rings is 1. The summed E-state index contributed by atoms with van der Waals surface area (Å²) >= 11 is 6.01. The Kier molecular flexibility index (Phi) is 3.34. The largest absolute Gasteiger partial charge is 0.356 e. The zero-order chi connectivity index (χ0) is 15.8. The standard InChI is InChI=1S/C15H13ClN6O/c16-9-2-1-3-10(6-9)22-5-4-11(15(22)23)21-14-12-13(18-7-17-12)19-8-20-14/h1-3,6-8,11H,4-5H2,(H2,17,18,19,20,21). The Morgan fingerprint density at radius 2 is 2.22 bits per heavy atom. The van der Waals surface area contributed by atoms with Crippen LogP contribution in [0, 0.1) is 0 Å². The molecule has 1 aliphatic rings. The normalized spacial score (nSPS) is 17.9. The number of imidazole rings is 1. The molecule has 1 amide bonds. The molecule has 116 valence electrons. The number of rotatable bonds is 3. The number of nitrogens with one attached hydrogen (secondary N) is 2. The summed E-state index contributed by atoms with van der Waals surface area (Å²) in [6, 6.07) is 6.96. The van der Waals surface area contributed by atoms with E-state index in [2.05, 4.69) is 25.3 Å². The van der Waals surface area contributed by atoms with Gasteiger partial charge in [-0.3, -0.25) is 4.79 Å². The quantitative estimate of drug-likeness (QED) is 0.770. The van der Waals surface area contributed by atoms with Gasteiger partial charge in [0.2, 0.25) is 5.91 Å². The number of hydrogen-bond acceptors (Lipinski definition) is 5. The van der Waals surface area contributed by atoms with Crippen molar-refractivity contribution in [3.05, 3.63) is 41.9 Å². The van der Waals surface area contributed by atoms with Gasteiger partial charge in [-0.25, -0.2) is 15.0 Å². The van der Waals surface area contributed by atoms with E-state index in [9.17, 15) is 4.79 Å². The molecular formula is C15H13ClN6O. The van der Waals surface area contributed by atoms with Gasteiger partial charge in [0, 0.05) is 17.3 Å². The molecule has 8 heteroatoms. The lowest BCUT2D eigenvalue weighted by Gasteiger charge is -2.17. The van der Waals surface area contributed by atoms with Crippen LogP contribution in [0.1, 0.15) is 6.42 Å². The van der Waals surface area contributed by atoms with Crippen LogP contribution in [-0.2, 0) is 4.79 Å². The molecule has 0 bridgehead atoms. The van der Waals surface area contributed by atoms with Crippen LogP contribution >= 0.6 is 11.6 Å². The summed E-state index contributed by atoms with van der Waals surface area (Å²) in [6.07, 6.45) is 3.67. The van der Waals surface area contributed by atoms with Crippen molar-refractivity contribution in [1.29, 1.82) is 0 Å². The lowest BCUT2D eigenvalue weighted by Crippen LogP contribution is -2.33. The smallest absolute Gasteiger partial charge is 0.249 e. The maximum atomic E-state index is 12.6. The Bertz CT molecular complexity index is 879. The predicted molar refractivity (Wildman–Crippen MR) is 87.5 cm³/mol. The second-order valence-corrected chi connectivity index (χ2v) is 5.72. The van der Waals surface area contributed by atoms with Crippen LogP contribution in [-0.4, -0.2) is 38.4 Å². The van der Waals surface area contributed by atoms with Gasteiger partial charge in [-0.1, -0.05) is 17.7 Å². The van der Waals surface area contributed by atoms with Crippen LogP contribution in [0.2, 0.25) is 5.02 Å². The van der Waals surface area contributed by atoms with E-state index in [0.29, 0.717) is 35.0 Å². The molecule has 3 aromatic rings. The maximum absolute atomic E-state index is 12.6. The van der Waals surface area contributed by atoms with Crippen molar-refractivity contribution >= 4 is 40.2 Å². The molecule has 1 unspecified atom stereocenters. The molecule has 0 radical (unpaired) electrons. The number of aromatic amines is 1. The van der Waals surface area contributed by atoms with Crippen LogP contribution in [0.25, 0.3) is 11.2 Å². The molecule has 0 spiro atoms. The summed E-state index contributed by atoms with van der Waals surface area (Å²) in [4.78, 5) is 29.7. The van der Waals surface area contributed by atoms with E-state index in [1.807, 2.05) is 12.1 Å². The summed E-state index contributed by atoms with van der Waals surface area (Å²) < 4.78 is 0. The van der Waals surface area contributed by atoms with Gasteiger partial charge in [0.1, 0.15) is 17.9 Å². The Balaban J connectivity index is 1.57. The summed E-state index contributed by atoms with van der Waals surface area (Å²) in [5.74, 6) is 0.581. The molecular weight excluding hydrogens is 316 g/mol. The topological polar surface area (TPSA) is 86.8 Å². The van der Waals surface area contributed by atoms with Crippen molar-refractivity contribution in [2.24, 2.45) is 0 Å². The van der Waals surface area contributed by atoms with E-state index in [1.165, 1.54) is 6.33 Å². The lowest BCUT2D eigenvalue weighted by molar-refractivity contribution is -0.117. The number of amides is 1. The average Bonchev–Trinajstić information content (AvgIpc) is 3.16. The fourth-order valence-electron chi connectivity index (χ4n) is 2.75. The van der Waals surface area contributed by atoms with E-state index >= 15 is 0 Å². The minimum atomic E-state index is -0.338. The van der Waals surface area contributed by atoms with Crippen molar-refractivity contribution in [3.63, 3.8) is 0 Å². The van der Waals surface area contributed by atoms with Gasteiger partial charge < -0.3 is 15.2 Å². The van der Waals surface area contributed by atoms with Gasteiger partial charge in [-0.05, 0) is 24.6 Å². The zero-order valence-corrected chi connectivity index (χ0v) is 12.8. The third-order valence-corrected chi connectivity index (χ3v) is 4.09. The Morgan fingerprint density at radius 1 is 1.30 bits per heavy atom. The van der Waals surface area contributed by atoms with Crippen LogP contribution in [0.5, 0.6) is 0 Å². The van der Waals surface area contributed by atoms with Crippen molar-refractivity contribution in [2.45, 2.75) is 12.5 Å². The number of anilines is 2. The molecule has 0 saturated carbocycles. The van der Waals surface area contributed by atoms with E-state index in [4.69, 9.17) is 11.6 Å². The van der Waals surface area contributed by atoms with E-state index in [-0.39, 0.29) is 11.9 Å². The van der Waals surface area contributed by atoms with Crippen LogP contribution in [0.3, 0.4) is 0 Å². The second kappa shape index (κ2) is 5.51. The van der Waals surface area contributed by atoms with Gasteiger partial charge in [-0.15, -0.1) is 0 Å². The molecule has 2 aromatic heterocycles. The first-order chi connectivity index (χ1) is 11.2. The first kappa shape index (κ1) is 14.0. The number of H-pyrrole nitrogens is 1. The average molecular weight is 329 g/mol. The number of fused-ring (bicyclic) bond motifs is 1. The fourth-order valence-corrected chi connectivity index (χ4v) is 2.94. The van der Waals surface area contributed by atoms with Gasteiger partial charge in [0.15, 0.2) is 11.5 Å². The van der Waals surface area contributed by atoms with Gasteiger partial charge in [0.05, 0.1) is 6.33 Å². The zero-order valence-electron chi connectivity index (χ0n) is 12.0. The lowest BCUT2D eigenvalue weighted by atomic mass is 10.2. The van der Waals surface area contributed by atoms with Crippen molar-refractivity contribution < 1.29 is 4.79 Å². The molecule has 7 nitrogen and oxygen atoms in total. The van der Waals surface area contributed by atoms with Crippen LogP contribution in [0.15, 0.2) is 36.9 Å². The summed E-state index contributed by atoms with van der Waals surface area (Å²) in [5, 5.41) is 3.80. The minimum absolute atomic E-state index is 0.00135. The number of halogens is 1. The highest BCUT2D eigenvalue weighted by Crippen LogP contribution is 2.26. The Labute approximate surface area is 136 Å². The first-order valence-electron chi connectivity index (χ1n) is 7.20. The predicted octanol–water partition coefficient (Wildman–Crippen LogP) is 2.22. The number of aromatic nitrogens is 4. The monoisotopic (exact) mass is 328 g/mol. The molecule has 1 saturated heterocycles. The van der Waals surface area contributed by atoms with Gasteiger partial charge in [0.25, 0.3) is 0 Å². The number of nitrogens with zero attached hydrogens (tertiary/aromatic N) is 4. The first-order valence-corrected chi connectivity index (χ1v) is 7.58. The Hall–Kier alpha value is -2.67. The molecule has 3 heterocycles. The highest BCUT2D eigenvalue weighted by atomic mass is 35.5. The van der Waals surface area contributed by atoms with Gasteiger partial charge in [-0.2, -0.15) is 0 Å². The summed E-state index contributed by atoms with van der Waals surface area (Å²) in [7, 11) is 0. The third kappa shape index (κ3) is 2.49. The molecule has 1 fully saturated rings. The molecule has 4 rings (SSSR count). The highest BCUT2D eigenvalue weighted by molar-refractivity contribution is 6.31. The molecule has 1 aromatic carbocycles. The van der Waals surface area contributed by atoms with Crippen molar-refractivity contribution in [2.75, 3.05) is 16.8 Å². The summed E-state index contributed by atoms with van der Waals surface area (Å²) in [6.45, 7) is 0.633. The van der Waals surface area contributed by atoms with Crippen LogP contribution < -0.4 is 10.2 Å². The molecule has 1 aliphatic heterocycles. The molecule has 1 atom stereocenters. The molecule has 23 heavy (non-hydrogen) atoms. The summed E-state index contributed by atoms with van der Waals surface area (Å²) in [5.41, 5.74) is 2.07. The van der Waals surface area contributed by atoms with E-state index < -0.39 is 0 Å². The van der Waals surface area contributed by atoms with Gasteiger partial charge >= 0.3 is 0 Å². The van der Waals surface area contributed by atoms with Crippen molar-refractivity contribution in [1.82, 2.24) is 19.9 Å². The number of hydrogen-bond donors (Lipinski definition) is 2. The molecule has 2 N–H and O–H groups in total. The molecule has 0 aliphatic carbocycles. The second-order valence-electron chi connectivity index (χ2n) is 5.28. The van der Waals surface area contributed by atoms with E-state index in [1.54, 1.807) is 23.4 Å². The van der Waals surface area contributed by atoms with Crippen molar-refractivity contribution in [3.8, 4) is 0 Å². The Morgan fingerprint density at radius 3 is 3.09 bits per heavy atom. The van der Waals surface area contributed by atoms with Crippen LogP contribution in [0.4, 0.5) is 11.5 Å². The third-order valence-electron chi connectivity index (χ3n) is 3.86. The van der Waals surface area contributed by atoms with E-state index in [0.717, 1.165) is 5.69 Å².